The van der Waals surface area contributed by atoms with Gasteiger partial charge in [0, 0.05) is 18.6 Å². The molecule has 0 aromatic heterocycles. The number of fused-ring (bicyclic) bond motifs is 5. The largest absolute Gasteiger partial charge is 0.469 e. The molecule has 0 aromatic carbocycles. The normalized spacial score (nSPS) is 41.0. The Balaban J connectivity index is 1.58. The van der Waals surface area contributed by atoms with Crippen LogP contribution in [0.4, 0.5) is 0 Å². The van der Waals surface area contributed by atoms with Crippen molar-refractivity contribution in [1.29, 1.82) is 0 Å². The van der Waals surface area contributed by atoms with Crippen LogP contribution in [0, 0.1) is 46.3 Å². The number of rotatable bonds is 8. The number of hydrogen-bond donors (Lipinski definition) is 0. The standard InChI is InChI=1S/C34H64O4Si2/c1-23(13-16-30(35)36-7)26-14-15-27-31-28(18-20-34(26,27)6)33(5)19-17-25(37-40(11,12)32(2,3)4)21-24(33)22-29(31)38-39(8,9)10/h23-29,31H,13-22H2,1-12H3/t23-,24+,25-,26-,27+,28+,29-,31+,33+,34-/m1/s1. The second-order valence-electron chi connectivity index (χ2n) is 17.6. The highest BCUT2D eigenvalue weighted by Crippen LogP contribution is 2.69. The fourth-order valence-electron chi connectivity index (χ4n) is 10.1. The van der Waals surface area contributed by atoms with Crippen molar-refractivity contribution in [2.45, 2.75) is 156 Å². The Hall–Kier alpha value is -0.176. The van der Waals surface area contributed by atoms with Crippen LogP contribution in [0.1, 0.15) is 106 Å². The first-order chi connectivity index (χ1) is 18.3. The third-order valence-corrected chi connectivity index (χ3v) is 18.7. The average Bonchev–Trinajstić information content (AvgIpc) is 3.18. The van der Waals surface area contributed by atoms with Gasteiger partial charge >= 0.3 is 5.97 Å². The molecule has 0 unspecified atom stereocenters. The van der Waals surface area contributed by atoms with Crippen molar-refractivity contribution in [2.24, 2.45) is 46.3 Å². The lowest BCUT2D eigenvalue weighted by atomic mass is 9.43. The van der Waals surface area contributed by atoms with Crippen molar-refractivity contribution in [3.05, 3.63) is 0 Å². The summed E-state index contributed by atoms with van der Waals surface area (Å²) in [6, 6.07) is 0. The molecule has 0 spiro atoms. The molecule has 0 radical (unpaired) electrons. The van der Waals surface area contributed by atoms with Crippen LogP contribution in [0.3, 0.4) is 0 Å². The predicted octanol–water partition coefficient (Wildman–Crippen LogP) is 9.46. The quantitative estimate of drug-likeness (QED) is 0.208. The van der Waals surface area contributed by atoms with Crippen molar-refractivity contribution in [1.82, 2.24) is 0 Å². The molecule has 4 aliphatic rings. The monoisotopic (exact) mass is 592 g/mol. The third kappa shape index (κ3) is 6.22. The SMILES string of the molecule is COC(=O)CC[C@@H](C)[C@H]1CC[C@H]2[C@@H]3[C@H](O[Si](C)(C)C)C[C@@H]4C[C@H](O[Si](C)(C)C(C)(C)C)CC[C@]4(C)[C@H]3CC[C@]12C. The van der Waals surface area contributed by atoms with Crippen molar-refractivity contribution >= 4 is 22.6 Å². The van der Waals surface area contributed by atoms with E-state index < -0.39 is 16.6 Å². The van der Waals surface area contributed by atoms with Gasteiger partial charge in [0.15, 0.2) is 16.6 Å². The highest BCUT2D eigenvalue weighted by molar-refractivity contribution is 6.74. The van der Waals surface area contributed by atoms with Gasteiger partial charge in [-0.3, -0.25) is 4.79 Å². The number of esters is 1. The van der Waals surface area contributed by atoms with E-state index in [2.05, 4.69) is 74.3 Å². The van der Waals surface area contributed by atoms with Crippen molar-refractivity contribution < 1.29 is 18.4 Å². The highest BCUT2D eigenvalue weighted by atomic mass is 28.4. The molecule has 4 fully saturated rings. The topological polar surface area (TPSA) is 44.8 Å². The highest BCUT2D eigenvalue weighted by Gasteiger charge is 2.63. The fourth-order valence-corrected chi connectivity index (χ4v) is 12.6. The molecule has 0 N–H and O–H groups in total. The minimum atomic E-state index is -1.78. The smallest absolute Gasteiger partial charge is 0.305 e. The van der Waals surface area contributed by atoms with E-state index >= 15 is 0 Å². The molecule has 40 heavy (non-hydrogen) atoms. The van der Waals surface area contributed by atoms with Crippen molar-refractivity contribution in [3.8, 4) is 0 Å². The summed E-state index contributed by atoms with van der Waals surface area (Å²) < 4.78 is 19.3. The van der Waals surface area contributed by atoms with E-state index in [9.17, 15) is 4.79 Å². The Morgan fingerprint density at radius 1 is 0.900 bits per heavy atom. The zero-order valence-electron chi connectivity index (χ0n) is 28.3. The first kappa shape index (κ1) is 32.7. The van der Waals surface area contributed by atoms with Crippen LogP contribution in [0.2, 0.25) is 37.8 Å². The lowest BCUT2D eigenvalue weighted by Crippen LogP contribution is -2.60. The summed E-state index contributed by atoms with van der Waals surface area (Å²) in [6.07, 6.45) is 12.7. The minimum absolute atomic E-state index is 0.0572. The van der Waals surface area contributed by atoms with Gasteiger partial charge in [0.1, 0.15) is 0 Å². The summed E-state index contributed by atoms with van der Waals surface area (Å²) in [5, 5.41) is 0.260. The van der Waals surface area contributed by atoms with Crippen LogP contribution in [-0.2, 0) is 18.4 Å². The van der Waals surface area contributed by atoms with Crippen molar-refractivity contribution in [3.63, 3.8) is 0 Å². The van der Waals surface area contributed by atoms with Crippen LogP contribution in [0.5, 0.6) is 0 Å². The summed E-state index contributed by atoms with van der Waals surface area (Å²) >= 11 is 0. The molecule has 0 saturated heterocycles. The molecule has 0 bridgehead atoms. The molecular formula is C34H64O4Si2. The van der Waals surface area contributed by atoms with Crippen LogP contribution < -0.4 is 0 Å². The lowest BCUT2D eigenvalue weighted by Gasteiger charge is -2.64. The van der Waals surface area contributed by atoms with E-state index in [1.54, 1.807) is 0 Å². The third-order valence-electron chi connectivity index (χ3n) is 13.2. The molecule has 4 saturated carbocycles. The van der Waals surface area contributed by atoms with Gasteiger partial charge in [0.2, 0.25) is 0 Å². The van der Waals surface area contributed by atoms with Gasteiger partial charge in [-0.1, -0.05) is 41.5 Å². The number of carbonyl (C=O) groups excluding carboxylic acids is 1. The Labute approximate surface area is 249 Å². The number of methoxy groups -OCH3 is 1. The predicted molar refractivity (Wildman–Crippen MR) is 171 cm³/mol. The molecule has 232 valence electrons. The molecule has 10 atom stereocenters. The molecule has 4 nitrogen and oxygen atoms in total. The fraction of sp³-hybridized carbons (Fsp3) is 0.971. The molecule has 4 rings (SSSR count). The summed E-state index contributed by atoms with van der Waals surface area (Å²) in [5.74, 6) is 4.12. The zero-order valence-corrected chi connectivity index (χ0v) is 30.3. The Bertz CT molecular complexity index is 907. The van der Waals surface area contributed by atoms with Crippen LogP contribution in [-0.4, -0.2) is 41.9 Å². The first-order valence-corrected chi connectivity index (χ1v) is 23.1. The number of ether oxygens (including phenoxy) is 1. The van der Waals surface area contributed by atoms with E-state index in [0.717, 1.165) is 18.3 Å². The maximum Gasteiger partial charge on any atom is 0.305 e. The van der Waals surface area contributed by atoms with Gasteiger partial charge in [-0.2, -0.15) is 0 Å². The van der Waals surface area contributed by atoms with Gasteiger partial charge in [-0.15, -0.1) is 0 Å². The maximum absolute atomic E-state index is 11.9. The Kier molecular flexibility index (Phi) is 9.32. The molecule has 4 aliphatic carbocycles. The first-order valence-electron chi connectivity index (χ1n) is 16.7. The van der Waals surface area contributed by atoms with E-state index in [0.29, 0.717) is 53.1 Å². The molecular weight excluding hydrogens is 529 g/mol. The molecule has 0 aliphatic heterocycles. The summed E-state index contributed by atoms with van der Waals surface area (Å²) in [5.41, 5.74) is 0.775. The maximum atomic E-state index is 11.9. The molecule has 0 amide bonds. The second-order valence-corrected chi connectivity index (χ2v) is 26.8. The molecule has 0 heterocycles. The van der Waals surface area contributed by atoms with Gasteiger partial charge < -0.3 is 13.6 Å². The van der Waals surface area contributed by atoms with E-state index in [4.69, 9.17) is 13.6 Å². The summed E-state index contributed by atoms with van der Waals surface area (Å²) in [7, 11) is -1.96. The van der Waals surface area contributed by atoms with Gasteiger partial charge in [-0.25, -0.2) is 0 Å². The Morgan fingerprint density at radius 2 is 1.52 bits per heavy atom. The van der Waals surface area contributed by atoms with Crippen molar-refractivity contribution in [2.75, 3.05) is 7.11 Å². The van der Waals surface area contributed by atoms with Gasteiger partial charge in [0.25, 0.3) is 0 Å². The number of hydrogen-bond acceptors (Lipinski definition) is 4. The summed E-state index contributed by atoms with van der Waals surface area (Å²) in [4.78, 5) is 11.9. The molecule has 6 heteroatoms. The molecule has 0 aromatic rings. The second kappa shape index (κ2) is 11.4. The van der Waals surface area contributed by atoms with Crippen LogP contribution in [0.15, 0.2) is 0 Å². The van der Waals surface area contributed by atoms with Gasteiger partial charge in [0.05, 0.1) is 7.11 Å². The lowest BCUT2D eigenvalue weighted by molar-refractivity contribution is -0.169. The summed E-state index contributed by atoms with van der Waals surface area (Å²) in [6.45, 7) is 26.9. The van der Waals surface area contributed by atoms with Crippen LogP contribution in [0.25, 0.3) is 0 Å². The average molecular weight is 593 g/mol. The van der Waals surface area contributed by atoms with E-state index in [-0.39, 0.29) is 11.0 Å². The Morgan fingerprint density at radius 3 is 2.12 bits per heavy atom. The van der Waals surface area contributed by atoms with Gasteiger partial charge in [-0.05, 0) is 142 Å². The van der Waals surface area contributed by atoms with E-state index in [1.807, 2.05) is 0 Å². The zero-order chi connectivity index (χ0) is 29.9. The minimum Gasteiger partial charge on any atom is -0.469 e. The van der Waals surface area contributed by atoms with E-state index in [1.165, 1.54) is 58.5 Å². The van der Waals surface area contributed by atoms with Crippen LogP contribution >= 0.6 is 0 Å². The number of carbonyl (C=O) groups is 1.